The maximum Gasteiger partial charge on any atom is 0.269 e. The largest absolute Gasteiger partial charge is 0.387 e. The summed E-state index contributed by atoms with van der Waals surface area (Å²) in [5, 5.41) is 19.5. The molecule has 0 aliphatic rings. The van der Waals surface area contributed by atoms with Gasteiger partial charge in [0.15, 0.2) is 0 Å². The number of nitro groups is 1. The van der Waals surface area contributed by atoms with Crippen molar-refractivity contribution in [3.05, 3.63) is 39.9 Å². The Labute approximate surface area is 74.9 Å². The van der Waals surface area contributed by atoms with Crippen LogP contribution in [-0.4, -0.2) is 16.6 Å². The highest BCUT2D eigenvalue weighted by Crippen LogP contribution is 2.16. The van der Waals surface area contributed by atoms with Gasteiger partial charge >= 0.3 is 0 Å². The van der Waals surface area contributed by atoms with Crippen LogP contribution in [0.1, 0.15) is 11.7 Å². The summed E-state index contributed by atoms with van der Waals surface area (Å²) in [6.07, 6.45) is -0.749. The normalized spacial score (nSPS) is 12.5. The Balaban J connectivity index is 2.87. The van der Waals surface area contributed by atoms with Gasteiger partial charge in [0, 0.05) is 18.7 Å². The molecule has 0 unspecified atom stereocenters. The van der Waals surface area contributed by atoms with E-state index in [2.05, 4.69) is 0 Å². The van der Waals surface area contributed by atoms with E-state index in [1.54, 1.807) is 0 Å². The van der Waals surface area contributed by atoms with Crippen molar-refractivity contribution in [2.75, 3.05) is 6.54 Å². The Morgan fingerprint density at radius 1 is 1.46 bits per heavy atom. The molecule has 0 bridgehead atoms. The van der Waals surface area contributed by atoms with E-state index < -0.39 is 11.0 Å². The predicted octanol–water partition coefficient (Wildman–Crippen LogP) is 0.587. The number of hydrogen-bond donors (Lipinski definition) is 2. The number of non-ortho nitro benzene ring substituents is 1. The van der Waals surface area contributed by atoms with Gasteiger partial charge in [0.25, 0.3) is 5.69 Å². The van der Waals surface area contributed by atoms with E-state index in [0.717, 1.165) is 0 Å². The van der Waals surface area contributed by atoms with Crippen LogP contribution in [0.15, 0.2) is 24.3 Å². The number of hydrogen-bond acceptors (Lipinski definition) is 4. The van der Waals surface area contributed by atoms with Crippen molar-refractivity contribution in [3.63, 3.8) is 0 Å². The molecule has 1 atom stereocenters. The van der Waals surface area contributed by atoms with Crippen LogP contribution in [-0.2, 0) is 0 Å². The van der Waals surface area contributed by atoms with E-state index in [1.807, 2.05) is 0 Å². The lowest BCUT2D eigenvalue weighted by Crippen LogP contribution is -2.11. The first-order valence-corrected chi connectivity index (χ1v) is 3.77. The molecule has 0 aliphatic heterocycles. The molecule has 5 nitrogen and oxygen atoms in total. The molecule has 0 fully saturated rings. The van der Waals surface area contributed by atoms with Crippen LogP contribution < -0.4 is 5.73 Å². The van der Waals surface area contributed by atoms with Gasteiger partial charge in [0.05, 0.1) is 11.0 Å². The predicted molar refractivity (Wildman–Crippen MR) is 47.1 cm³/mol. The highest BCUT2D eigenvalue weighted by Gasteiger charge is 2.08. The van der Waals surface area contributed by atoms with Crippen LogP contribution >= 0.6 is 0 Å². The van der Waals surface area contributed by atoms with Gasteiger partial charge in [-0.25, -0.2) is 0 Å². The van der Waals surface area contributed by atoms with Gasteiger partial charge in [-0.15, -0.1) is 0 Å². The molecule has 5 heteroatoms. The molecule has 0 saturated carbocycles. The second-order valence-corrected chi connectivity index (χ2v) is 2.60. The Kier molecular flexibility index (Phi) is 2.94. The van der Waals surface area contributed by atoms with Crippen LogP contribution in [0.2, 0.25) is 0 Å². The lowest BCUT2D eigenvalue weighted by atomic mass is 10.1. The van der Waals surface area contributed by atoms with Crippen molar-refractivity contribution in [1.82, 2.24) is 0 Å². The molecule has 0 amide bonds. The lowest BCUT2D eigenvalue weighted by Gasteiger charge is -2.06. The van der Waals surface area contributed by atoms with Crippen molar-refractivity contribution < 1.29 is 10.0 Å². The third kappa shape index (κ3) is 2.24. The standard InChI is InChI=1S/C8H10N2O3/c9-5-8(11)6-1-3-7(4-2-6)10(12)13/h1-4,8,11H,5,9H2/t8-/m1/s1. The molecule has 0 radical (unpaired) electrons. The zero-order valence-corrected chi connectivity index (χ0v) is 6.88. The van der Waals surface area contributed by atoms with Crippen molar-refractivity contribution in [2.45, 2.75) is 6.10 Å². The fourth-order valence-corrected chi connectivity index (χ4v) is 0.954. The minimum atomic E-state index is -0.749. The Morgan fingerprint density at radius 3 is 2.38 bits per heavy atom. The minimum absolute atomic E-state index is 0.00738. The Hall–Kier alpha value is -1.46. The molecule has 1 rings (SSSR count). The zero-order chi connectivity index (χ0) is 9.84. The Morgan fingerprint density at radius 2 is 2.00 bits per heavy atom. The molecule has 3 N–H and O–H groups in total. The highest BCUT2D eigenvalue weighted by molar-refractivity contribution is 5.33. The van der Waals surface area contributed by atoms with Gasteiger partial charge in [0.2, 0.25) is 0 Å². The molecular formula is C8H10N2O3. The molecule has 1 aromatic carbocycles. The maximum absolute atomic E-state index is 10.3. The SMILES string of the molecule is NC[C@@H](O)c1ccc([N+](=O)[O-])cc1. The summed E-state index contributed by atoms with van der Waals surface area (Å²) in [6, 6.07) is 5.67. The van der Waals surface area contributed by atoms with Crippen LogP contribution in [0.5, 0.6) is 0 Å². The number of nitrogens with two attached hydrogens (primary N) is 1. The van der Waals surface area contributed by atoms with Gasteiger partial charge < -0.3 is 10.8 Å². The van der Waals surface area contributed by atoms with Crippen LogP contribution in [0, 0.1) is 10.1 Å². The van der Waals surface area contributed by atoms with Crippen molar-refractivity contribution >= 4 is 5.69 Å². The third-order valence-electron chi connectivity index (χ3n) is 1.71. The third-order valence-corrected chi connectivity index (χ3v) is 1.71. The minimum Gasteiger partial charge on any atom is -0.387 e. The fourth-order valence-electron chi connectivity index (χ4n) is 0.954. The van der Waals surface area contributed by atoms with Gasteiger partial charge in [0.1, 0.15) is 0 Å². The van der Waals surface area contributed by atoms with Crippen LogP contribution in [0.25, 0.3) is 0 Å². The second-order valence-electron chi connectivity index (χ2n) is 2.60. The molecule has 0 aliphatic carbocycles. The summed E-state index contributed by atoms with van der Waals surface area (Å²) in [5.41, 5.74) is 5.82. The monoisotopic (exact) mass is 182 g/mol. The molecule has 0 spiro atoms. The van der Waals surface area contributed by atoms with Crippen molar-refractivity contribution in [3.8, 4) is 0 Å². The second kappa shape index (κ2) is 3.97. The maximum atomic E-state index is 10.3. The lowest BCUT2D eigenvalue weighted by molar-refractivity contribution is -0.384. The van der Waals surface area contributed by atoms with Gasteiger partial charge in [-0.1, -0.05) is 0 Å². The molecule has 1 aromatic rings. The fraction of sp³-hybridized carbons (Fsp3) is 0.250. The first-order chi connectivity index (χ1) is 6.15. The summed E-state index contributed by atoms with van der Waals surface area (Å²) in [6.45, 7) is 0.109. The number of nitro benzene ring substituents is 1. The van der Waals surface area contributed by atoms with Crippen LogP contribution in [0.4, 0.5) is 5.69 Å². The summed E-state index contributed by atoms with van der Waals surface area (Å²) in [7, 11) is 0. The number of nitrogens with zero attached hydrogens (tertiary/aromatic N) is 1. The van der Waals surface area contributed by atoms with Gasteiger partial charge in [-0.3, -0.25) is 10.1 Å². The number of rotatable bonds is 3. The summed E-state index contributed by atoms with van der Waals surface area (Å²) in [4.78, 5) is 9.78. The van der Waals surface area contributed by atoms with E-state index in [0.29, 0.717) is 5.56 Å². The average Bonchev–Trinajstić information content (AvgIpc) is 2.17. The molecular weight excluding hydrogens is 172 g/mol. The smallest absolute Gasteiger partial charge is 0.269 e. The molecule has 0 saturated heterocycles. The number of benzene rings is 1. The van der Waals surface area contributed by atoms with E-state index in [-0.39, 0.29) is 12.2 Å². The van der Waals surface area contributed by atoms with Gasteiger partial charge in [-0.05, 0) is 17.7 Å². The van der Waals surface area contributed by atoms with Crippen molar-refractivity contribution in [1.29, 1.82) is 0 Å². The highest BCUT2D eigenvalue weighted by atomic mass is 16.6. The zero-order valence-electron chi connectivity index (χ0n) is 6.88. The van der Waals surface area contributed by atoms with Gasteiger partial charge in [-0.2, -0.15) is 0 Å². The first kappa shape index (κ1) is 9.63. The number of aliphatic hydroxyl groups excluding tert-OH is 1. The molecule has 0 heterocycles. The van der Waals surface area contributed by atoms with E-state index in [4.69, 9.17) is 5.73 Å². The topological polar surface area (TPSA) is 89.4 Å². The number of aliphatic hydroxyl groups is 1. The van der Waals surface area contributed by atoms with E-state index in [1.165, 1.54) is 24.3 Å². The van der Waals surface area contributed by atoms with E-state index in [9.17, 15) is 15.2 Å². The van der Waals surface area contributed by atoms with E-state index >= 15 is 0 Å². The molecule has 0 aromatic heterocycles. The quantitative estimate of drug-likeness (QED) is 0.528. The van der Waals surface area contributed by atoms with Crippen molar-refractivity contribution in [2.24, 2.45) is 5.73 Å². The summed E-state index contributed by atoms with van der Waals surface area (Å²) in [5.74, 6) is 0. The average molecular weight is 182 g/mol. The first-order valence-electron chi connectivity index (χ1n) is 3.77. The molecule has 13 heavy (non-hydrogen) atoms. The summed E-state index contributed by atoms with van der Waals surface area (Å²) >= 11 is 0. The summed E-state index contributed by atoms with van der Waals surface area (Å²) < 4.78 is 0. The molecule has 70 valence electrons. The Bertz CT molecular complexity index is 297. The van der Waals surface area contributed by atoms with Crippen LogP contribution in [0.3, 0.4) is 0 Å².